The number of carbonyl (C=O) groups is 1. The zero-order valence-electron chi connectivity index (χ0n) is 10.5. The van der Waals surface area contributed by atoms with Gasteiger partial charge in [0.15, 0.2) is 4.34 Å². The second-order valence-electron chi connectivity index (χ2n) is 3.84. The maximum Gasteiger partial charge on any atom is 0.313 e. The fraction of sp³-hybridized carbons (Fsp3) is 0.400. The van der Waals surface area contributed by atoms with Gasteiger partial charge in [-0.3, -0.25) is 4.79 Å². The summed E-state index contributed by atoms with van der Waals surface area (Å²) in [6, 6.07) is 0. The Labute approximate surface area is 118 Å². The van der Waals surface area contributed by atoms with Crippen molar-refractivity contribution in [3.8, 4) is 0 Å². The van der Waals surface area contributed by atoms with Crippen molar-refractivity contribution in [2.75, 3.05) is 17.7 Å². The molecule has 0 fully saturated rings. The third kappa shape index (κ3) is 3.67. The summed E-state index contributed by atoms with van der Waals surface area (Å²) >= 11 is 2.55. The Morgan fingerprint density at radius 2 is 2.37 bits per heavy atom. The van der Waals surface area contributed by atoms with Gasteiger partial charge in [0.2, 0.25) is 5.13 Å². The molecule has 0 amide bonds. The van der Waals surface area contributed by atoms with Crippen LogP contribution in [-0.2, 0) is 18.4 Å². The molecule has 0 unspecified atom stereocenters. The Morgan fingerprint density at radius 3 is 3.00 bits per heavy atom. The quantitative estimate of drug-likeness (QED) is 0.799. The highest BCUT2D eigenvalue weighted by atomic mass is 32.2. The van der Waals surface area contributed by atoms with Crippen molar-refractivity contribution in [1.82, 2.24) is 19.7 Å². The molecule has 1 N–H and O–H groups in total. The van der Waals surface area contributed by atoms with E-state index in [0.29, 0.717) is 10.9 Å². The summed E-state index contributed by atoms with van der Waals surface area (Å²) in [4.78, 5) is 16.7. The Balaban J connectivity index is 1.98. The normalized spacial score (nSPS) is 10.6. The molecule has 0 bridgehead atoms. The molecule has 0 aromatic carbocycles. The third-order valence-corrected chi connectivity index (χ3v) is 4.50. The summed E-state index contributed by atoms with van der Waals surface area (Å²) in [6.45, 7) is 0.627. The molecule has 2 aromatic rings. The van der Waals surface area contributed by atoms with Gasteiger partial charge in [-0.2, -0.15) is 0 Å². The van der Waals surface area contributed by atoms with Crippen LogP contribution in [0, 0.1) is 0 Å². The third-order valence-electron chi connectivity index (χ3n) is 2.34. The second kappa shape index (κ2) is 6.02. The number of rotatable bonds is 6. The fourth-order valence-electron chi connectivity index (χ4n) is 1.37. The standard InChI is InChI=1S/C10H13N5O2S2/c1-14-4-3-11-7(14)5-15(2)9-12-13-10(19-9)18-6-8(16)17/h3-4H,5-6H2,1-2H3,(H,16,17). The lowest BCUT2D eigenvalue weighted by Gasteiger charge is -2.14. The second-order valence-corrected chi connectivity index (χ2v) is 6.02. The van der Waals surface area contributed by atoms with E-state index in [0.717, 1.165) is 11.0 Å². The van der Waals surface area contributed by atoms with Crippen molar-refractivity contribution >= 4 is 34.2 Å². The Hall–Kier alpha value is -1.61. The van der Waals surface area contributed by atoms with Crippen molar-refractivity contribution in [2.24, 2.45) is 7.05 Å². The topological polar surface area (TPSA) is 84.1 Å². The maximum atomic E-state index is 10.5. The van der Waals surface area contributed by atoms with Gasteiger partial charge in [-0.15, -0.1) is 10.2 Å². The minimum Gasteiger partial charge on any atom is -0.481 e. The van der Waals surface area contributed by atoms with Gasteiger partial charge < -0.3 is 14.6 Å². The zero-order valence-corrected chi connectivity index (χ0v) is 12.1. The number of anilines is 1. The smallest absolute Gasteiger partial charge is 0.313 e. The van der Waals surface area contributed by atoms with E-state index in [9.17, 15) is 4.79 Å². The molecular formula is C10H13N5O2S2. The van der Waals surface area contributed by atoms with Gasteiger partial charge in [0.05, 0.1) is 12.3 Å². The monoisotopic (exact) mass is 299 g/mol. The summed E-state index contributed by atoms with van der Waals surface area (Å²) in [5.41, 5.74) is 0. The molecule has 0 atom stereocenters. The van der Waals surface area contributed by atoms with E-state index < -0.39 is 5.97 Å². The first-order chi connectivity index (χ1) is 9.06. The van der Waals surface area contributed by atoms with Crippen LogP contribution in [0.15, 0.2) is 16.7 Å². The van der Waals surface area contributed by atoms with Gasteiger partial charge in [-0.05, 0) is 0 Å². The van der Waals surface area contributed by atoms with Crippen LogP contribution in [0.1, 0.15) is 5.82 Å². The lowest BCUT2D eigenvalue weighted by Crippen LogP contribution is -2.18. The number of thioether (sulfide) groups is 1. The first-order valence-electron chi connectivity index (χ1n) is 5.41. The predicted octanol–water partition coefficient (Wildman–Crippen LogP) is 1.08. The number of hydrogen-bond donors (Lipinski definition) is 1. The average Bonchev–Trinajstić information content (AvgIpc) is 2.97. The molecule has 2 heterocycles. The van der Waals surface area contributed by atoms with E-state index in [1.165, 1.54) is 23.1 Å². The van der Waals surface area contributed by atoms with E-state index in [4.69, 9.17) is 5.11 Å². The lowest BCUT2D eigenvalue weighted by atomic mass is 10.5. The van der Waals surface area contributed by atoms with Crippen molar-refractivity contribution in [3.05, 3.63) is 18.2 Å². The fourth-order valence-corrected chi connectivity index (χ4v) is 2.89. The number of carboxylic acid groups (broad SMARTS) is 1. The highest BCUT2D eigenvalue weighted by molar-refractivity contribution is 8.01. The molecule has 0 radical (unpaired) electrons. The van der Waals surface area contributed by atoms with Crippen LogP contribution in [0.25, 0.3) is 0 Å². The minimum absolute atomic E-state index is 0.00227. The highest BCUT2D eigenvalue weighted by Crippen LogP contribution is 2.27. The lowest BCUT2D eigenvalue weighted by molar-refractivity contribution is -0.133. The molecule has 0 saturated heterocycles. The number of nitrogens with zero attached hydrogens (tertiary/aromatic N) is 5. The number of aryl methyl sites for hydroxylation is 1. The molecule has 0 saturated carbocycles. The van der Waals surface area contributed by atoms with Crippen LogP contribution in [0.4, 0.5) is 5.13 Å². The van der Waals surface area contributed by atoms with E-state index in [-0.39, 0.29) is 5.75 Å². The van der Waals surface area contributed by atoms with Crippen LogP contribution >= 0.6 is 23.1 Å². The molecule has 19 heavy (non-hydrogen) atoms. The van der Waals surface area contributed by atoms with Crippen LogP contribution in [0.3, 0.4) is 0 Å². The molecular weight excluding hydrogens is 286 g/mol. The molecule has 2 aromatic heterocycles. The highest BCUT2D eigenvalue weighted by Gasteiger charge is 2.12. The number of aromatic nitrogens is 4. The van der Waals surface area contributed by atoms with E-state index >= 15 is 0 Å². The van der Waals surface area contributed by atoms with E-state index in [1.807, 2.05) is 29.8 Å². The van der Waals surface area contributed by atoms with Crippen LogP contribution < -0.4 is 4.90 Å². The van der Waals surface area contributed by atoms with Gasteiger partial charge in [0.25, 0.3) is 0 Å². The first kappa shape index (κ1) is 13.8. The van der Waals surface area contributed by atoms with Crippen LogP contribution in [0.2, 0.25) is 0 Å². The number of hydrogen-bond acceptors (Lipinski definition) is 7. The molecule has 9 heteroatoms. The minimum atomic E-state index is -0.858. The van der Waals surface area contributed by atoms with Gasteiger partial charge in [-0.25, -0.2) is 4.98 Å². The van der Waals surface area contributed by atoms with Crippen molar-refractivity contribution in [3.63, 3.8) is 0 Å². The summed E-state index contributed by atoms with van der Waals surface area (Å²) in [5.74, 6) is 0.0677. The maximum absolute atomic E-state index is 10.5. The number of aliphatic carboxylic acids is 1. The molecule has 7 nitrogen and oxygen atoms in total. The van der Waals surface area contributed by atoms with E-state index in [1.54, 1.807) is 6.20 Å². The first-order valence-corrected chi connectivity index (χ1v) is 7.22. The van der Waals surface area contributed by atoms with Crippen LogP contribution in [-0.4, -0.2) is 43.6 Å². The molecule has 2 rings (SSSR count). The number of carboxylic acids is 1. The van der Waals surface area contributed by atoms with E-state index in [2.05, 4.69) is 15.2 Å². The zero-order chi connectivity index (χ0) is 13.8. The SMILES string of the molecule is CN(Cc1nccn1C)c1nnc(SCC(=O)O)s1. The van der Waals surface area contributed by atoms with Crippen molar-refractivity contribution < 1.29 is 9.90 Å². The summed E-state index contributed by atoms with van der Waals surface area (Å²) < 4.78 is 2.60. The Kier molecular flexibility index (Phi) is 4.38. The van der Waals surface area contributed by atoms with Crippen LogP contribution in [0.5, 0.6) is 0 Å². The Morgan fingerprint density at radius 1 is 1.58 bits per heavy atom. The van der Waals surface area contributed by atoms with Crippen molar-refractivity contribution in [1.29, 1.82) is 0 Å². The molecule has 0 spiro atoms. The van der Waals surface area contributed by atoms with Gasteiger partial charge >= 0.3 is 5.97 Å². The molecule has 0 aliphatic heterocycles. The molecule has 0 aliphatic carbocycles. The van der Waals surface area contributed by atoms with Crippen molar-refractivity contribution in [2.45, 2.75) is 10.9 Å². The predicted molar refractivity (Wildman–Crippen MR) is 73.6 cm³/mol. The largest absolute Gasteiger partial charge is 0.481 e. The summed E-state index contributed by atoms with van der Waals surface area (Å²) in [6.07, 6.45) is 3.63. The summed E-state index contributed by atoms with van der Waals surface area (Å²) in [7, 11) is 3.84. The molecule has 0 aliphatic rings. The van der Waals surface area contributed by atoms with Gasteiger partial charge in [-0.1, -0.05) is 23.1 Å². The molecule has 102 valence electrons. The number of imidazole rings is 1. The van der Waals surface area contributed by atoms with Gasteiger partial charge in [0, 0.05) is 26.5 Å². The average molecular weight is 299 g/mol. The summed E-state index contributed by atoms with van der Waals surface area (Å²) in [5, 5.41) is 17.4. The Bertz CT molecular complexity index is 568. The van der Waals surface area contributed by atoms with Gasteiger partial charge in [0.1, 0.15) is 5.82 Å².